The zero-order valence-electron chi connectivity index (χ0n) is 10.1. The Morgan fingerprint density at radius 3 is 2.83 bits per heavy atom. The van der Waals surface area contributed by atoms with E-state index in [4.69, 9.17) is 0 Å². The summed E-state index contributed by atoms with van der Waals surface area (Å²) >= 11 is 0. The van der Waals surface area contributed by atoms with Crippen molar-refractivity contribution in [3.05, 3.63) is 55.0 Å². The molecule has 0 saturated carbocycles. The number of pyridine rings is 2. The van der Waals surface area contributed by atoms with Crippen LogP contribution in [0.25, 0.3) is 22.0 Å². The van der Waals surface area contributed by atoms with Gasteiger partial charge in [0.1, 0.15) is 0 Å². The predicted molar refractivity (Wildman–Crippen MR) is 74.5 cm³/mol. The van der Waals surface area contributed by atoms with Crippen LogP contribution in [-0.4, -0.2) is 17.0 Å². The molecular weight excluding hydrogens is 222 g/mol. The summed E-state index contributed by atoms with van der Waals surface area (Å²) < 4.78 is 0. The zero-order valence-corrected chi connectivity index (χ0v) is 10.1. The Morgan fingerprint density at radius 1 is 1.06 bits per heavy atom. The first kappa shape index (κ1) is 10.7. The third-order valence-corrected chi connectivity index (χ3v) is 2.99. The molecule has 2 heterocycles. The van der Waals surface area contributed by atoms with Gasteiger partial charge in [-0.25, -0.2) is 0 Å². The van der Waals surface area contributed by atoms with Crippen LogP contribution in [0.5, 0.6) is 0 Å². The second-order valence-corrected chi connectivity index (χ2v) is 4.09. The molecule has 18 heavy (non-hydrogen) atoms. The maximum Gasteiger partial charge on any atom is 0.0744 e. The molecule has 2 aromatic heterocycles. The molecule has 3 heteroatoms. The summed E-state index contributed by atoms with van der Waals surface area (Å²) in [7, 11) is 1.90. The lowest BCUT2D eigenvalue weighted by Gasteiger charge is -2.07. The number of fused-ring (bicyclic) bond motifs is 1. The predicted octanol–water partition coefficient (Wildman–Crippen LogP) is 3.34. The second-order valence-electron chi connectivity index (χ2n) is 4.09. The quantitative estimate of drug-likeness (QED) is 0.740. The first-order valence-corrected chi connectivity index (χ1v) is 5.85. The van der Waals surface area contributed by atoms with Crippen LogP contribution in [0.3, 0.4) is 0 Å². The summed E-state index contributed by atoms with van der Waals surface area (Å²) in [6.45, 7) is 0. The molecule has 0 spiro atoms. The first-order chi connectivity index (χ1) is 8.88. The fraction of sp³-hybridized carbons (Fsp3) is 0.0667. The van der Waals surface area contributed by atoms with Crippen molar-refractivity contribution in [2.75, 3.05) is 12.4 Å². The Balaban J connectivity index is 2.24. The highest BCUT2D eigenvalue weighted by Crippen LogP contribution is 2.27. The van der Waals surface area contributed by atoms with Crippen molar-refractivity contribution >= 4 is 16.5 Å². The van der Waals surface area contributed by atoms with Crippen LogP contribution in [0.4, 0.5) is 5.69 Å². The van der Waals surface area contributed by atoms with Gasteiger partial charge in [0.15, 0.2) is 0 Å². The van der Waals surface area contributed by atoms with Gasteiger partial charge in [-0.1, -0.05) is 24.3 Å². The van der Waals surface area contributed by atoms with Crippen LogP contribution in [0, 0.1) is 0 Å². The molecule has 0 fully saturated rings. The molecule has 0 aliphatic rings. The highest BCUT2D eigenvalue weighted by atomic mass is 14.8. The number of aromatic nitrogens is 2. The molecule has 88 valence electrons. The number of benzene rings is 1. The van der Waals surface area contributed by atoms with E-state index < -0.39 is 0 Å². The van der Waals surface area contributed by atoms with Gasteiger partial charge in [-0.2, -0.15) is 0 Å². The van der Waals surface area contributed by atoms with E-state index in [1.165, 1.54) is 5.39 Å². The minimum atomic E-state index is 0.936. The van der Waals surface area contributed by atoms with Crippen molar-refractivity contribution < 1.29 is 0 Å². The van der Waals surface area contributed by atoms with E-state index in [-0.39, 0.29) is 0 Å². The number of nitrogens with one attached hydrogen (secondary N) is 1. The van der Waals surface area contributed by atoms with Gasteiger partial charge in [0.2, 0.25) is 0 Å². The van der Waals surface area contributed by atoms with E-state index in [1.807, 2.05) is 49.9 Å². The zero-order chi connectivity index (χ0) is 12.4. The van der Waals surface area contributed by atoms with E-state index in [9.17, 15) is 0 Å². The maximum absolute atomic E-state index is 4.43. The summed E-state index contributed by atoms with van der Waals surface area (Å²) in [6.07, 6.45) is 5.55. The van der Waals surface area contributed by atoms with Crippen molar-refractivity contribution in [3.8, 4) is 11.3 Å². The Hall–Kier alpha value is -2.42. The fourth-order valence-corrected chi connectivity index (χ4v) is 2.05. The highest BCUT2D eigenvalue weighted by Gasteiger charge is 2.05. The monoisotopic (exact) mass is 235 g/mol. The molecular formula is C15H13N3. The lowest BCUT2D eigenvalue weighted by atomic mass is 10.0. The van der Waals surface area contributed by atoms with E-state index in [0.717, 1.165) is 22.3 Å². The maximum atomic E-state index is 4.43. The van der Waals surface area contributed by atoms with Gasteiger partial charge in [-0.3, -0.25) is 9.97 Å². The van der Waals surface area contributed by atoms with Gasteiger partial charge in [0.05, 0.1) is 5.69 Å². The topological polar surface area (TPSA) is 37.8 Å². The molecule has 1 aromatic carbocycles. The normalized spacial score (nSPS) is 10.5. The Kier molecular flexibility index (Phi) is 2.65. The largest absolute Gasteiger partial charge is 0.388 e. The molecule has 0 amide bonds. The van der Waals surface area contributed by atoms with E-state index in [0.29, 0.717) is 0 Å². The van der Waals surface area contributed by atoms with Gasteiger partial charge in [-0.05, 0) is 17.5 Å². The SMILES string of the molecule is CNc1ccnc(-c2cncc3ccccc23)c1. The van der Waals surface area contributed by atoms with Crippen LogP contribution >= 0.6 is 0 Å². The minimum Gasteiger partial charge on any atom is -0.388 e. The molecule has 3 aromatic rings. The van der Waals surface area contributed by atoms with Crippen LogP contribution in [0.1, 0.15) is 0 Å². The molecule has 0 unspecified atom stereocenters. The van der Waals surface area contributed by atoms with E-state index in [1.54, 1.807) is 0 Å². The van der Waals surface area contributed by atoms with E-state index in [2.05, 4.69) is 27.4 Å². The standard InChI is InChI=1S/C15H13N3/c1-16-12-6-7-18-15(8-12)14-10-17-9-11-4-2-3-5-13(11)14/h2-10H,1H3,(H,16,18). The molecule has 1 N–H and O–H groups in total. The molecule has 0 bridgehead atoms. The minimum absolute atomic E-state index is 0.936. The third-order valence-electron chi connectivity index (χ3n) is 2.99. The highest BCUT2D eigenvalue weighted by molar-refractivity contribution is 5.95. The molecule has 0 saturated heterocycles. The number of rotatable bonds is 2. The average Bonchev–Trinajstić information content (AvgIpc) is 2.47. The summed E-state index contributed by atoms with van der Waals surface area (Å²) in [6, 6.07) is 12.2. The Bertz CT molecular complexity index is 687. The van der Waals surface area contributed by atoms with Crippen molar-refractivity contribution in [3.63, 3.8) is 0 Å². The number of anilines is 1. The van der Waals surface area contributed by atoms with Crippen molar-refractivity contribution in [2.24, 2.45) is 0 Å². The molecule has 0 radical (unpaired) electrons. The molecule has 0 aliphatic carbocycles. The second kappa shape index (κ2) is 4.45. The van der Waals surface area contributed by atoms with Gasteiger partial charge >= 0.3 is 0 Å². The Morgan fingerprint density at radius 2 is 1.94 bits per heavy atom. The lowest BCUT2D eigenvalue weighted by molar-refractivity contribution is 1.29. The lowest BCUT2D eigenvalue weighted by Crippen LogP contribution is -1.91. The third kappa shape index (κ3) is 1.80. The van der Waals surface area contributed by atoms with E-state index >= 15 is 0 Å². The first-order valence-electron chi connectivity index (χ1n) is 5.85. The number of hydrogen-bond donors (Lipinski definition) is 1. The fourth-order valence-electron chi connectivity index (χ4n) is 2.05. The Labute approximate surface area is 106 Å². The van der Waals surface area contributed by atoms with Crippen molar-refractivity contribution in [1.29, 1.82) is 0 Å². The summed E-state index contributed by atoms with van der Waals surface area (Å²) in [5.41, 5.74) is 3.05. The van der Waals surface area contributed by atoms with Gasteiger partial charge < -0.3 is 5.32 Å². The average molecular weight is 235 g/mol. The van der Waals surface area contributed by atoms with Gasteiger partial charge in [-0.15, -0.1) is 0 Å². The molecule has 3 nitrogen and oxygen atoms in total. The smallest absolute Gasteiger partial charge is 0.0744 e. The number of nitrogens with zero attached hydrogens (tertiary/aromatic N) is 2. The molecule has 3 rings (SSSR count). The molecule has 0 aliphatic heterocycles. The summed E-state index contributed by atoms with van der Waals surface area (Å²) in [5.74, 6) is 0. The van der Waals surface area contributed by atoms with Gasteiger partial charge in [0, 0.05) is 42.3 Å². The van der Waals surface area contributed by atoms with Crippen LogP contribution in [0.15, 0.2) is 55.0 Å². The van der Waals surface area contributed by atoms with Crippen LogP contribution in [0.2, 0.25) is 0 Å². The summed E-state index contributed by atoms with van der Waals surface area (Å²) in [5, 5.41) is 5.43. The van der Waals surface area contributed by atoms with Crippen LogP contribution in [-0.2, 0) is 0 Å². The van der Waals surface area contributed by atoms with Gasteiger partial charge in [0.25, 0.3) is 0 Å². The van der Waals surface area contributed by atoms with Crippen molar-refractivity contribution in [1.82, 2.24) is 9.97 Å². The summed E-state index contributed by atoms with van der Waals surface area (Å²) in [4.78, 5) is 8.71. The number of hydrogen-bond acceptors (Lipinski definition) is 3. The van der Waals surface area contributed by atoms with Crippen LogP contribution < -0.4 is 5.32 Å². The van der Waals surface area contributed by atoms with Crippen molar-refractivity contribution in [2.45, 2.75) is 0 Å². The molecule has 0 atom stereocenters.